The molecule has 3 rings (SSSR count). The van der Waals surface area contributed by atoms with Crippen LogP contribution in [0.4, 0.5) is 0 Å². The van der Waals surface area contributed by atoms with Crippen LogP contribution >= 0.6 is 15.9 Å². The third kappa shape index (κ3) is 3.19. The lowest BCUT2D eigenvalue weighted by atomic mass is 10.3. The van der Waals surface area contributed by atoms with Gasteiger partial charge in [-0.2, -0.15) is 5.10 Å². The highest BCUT2D eigenvalue weighted by molar-refractivity contribution is 9.10. The van der Waals surface area contributed by atoms with Gasteiger partial charge in [-0.3, -0.25) is 4.99 Å². The maximum atomic E-state index is 4.38. The van der Waals surface area contributed by atoms with Crippen LogP contribution in [0.25, 0.3) is 5.69 Å². The van der Waals surface area contributed by atoms with Gasteiger partial charge >= 0.3 is 0 Å². The van der Waals surface area contributed by atoms with Crippen LogP contribution in [0, 0.1) is 0 Å². The number of rotatable bonds is 3. The number of aliphatic imine (C=N–C) groups is 1. The Morgan fingerprint density at radius 3 is 2.90 bits per heavy atom. The Morgan fingerprint density at radius 1 is 1.30 bits per heavy atom. The number of nitrogens with zero attached hydrogens (tertiary/aromatic N) is 3. The van der Waals surface area contributed by atoms with Crippen LogP contribution in [0.5, 0.6) is 0 Å². The Bertz CT molecular complexity index is 602. The molecule has 0 unspecified atom stereocenters. The Morgan fingerprint density at radius 2 is 2.15 bits per heavy atom. The third-order valence-corrected chi connectivity index (χ3v) is 3.61. The van der Waals surface area contributed by atoms with E-state index in [1.165, 1.54) is 0 Å². The molecule has 0 fully saturated rings. The van der Waals surface area contributed by atoms with Crippen LogP contribution in [-0.2, 0) is 6.54 Å². The number of aromatic nitrogens is 2. The number of nitrogens with one attached hydrogen (secondary N) is 2. The first-order chi connectivity index (χ1) is 9.81. The lowest BCUT2D eigenvalue weighted by Crippen LogP contribution is -2.40. The summed E-state index contributed by atoms with van der Waals surface area (Å²) in [4.78, 5) is 4.38. The zero-order chi connectivity index (χ0) is 13.8. The molecule has 0 saturated carbocycles. The zero-order valence-corrected chi connectivity index (χ0v) is 12.6. The Balaban J connectivity index is 1.64. The molecule has 104 valence electrons. The minimum atomic E-state index is 0.725. The van der Waals surface area contributed by atoms with E-state index < -0.39 is 0 Å². The number of hydrogen-bond donors (Lipinski definition) is 2. The van der Waals surface area contributed by atoms with Gasteiger partial charge in [0, 0.05) is 35.9 Å². The normalized spacial score (nSPS) is 14.6. The summed E-state index contributed by atoms with van der Waals surface area (Å²) in [6.07, 6.45) is 5.00. The van der Waals surface area contributed by atoms with E-state index in [2.05, 4.69) is 36.7 Å². The molecule has 2 N–H and O–H groups in total. The number of halogens is 1. The van der Waals surface area contributed by atoms with Crippen LogP contribution in [0.15, 0.2) is 46.1 Å². The third-order valence-electron chi connectivity index (χ3n) is 3.08. The molecule has 1 aromatic heterocycles. The van der Waals surface area contributed by atoms with Crippen LogP contribution in [-0.4, -0.2) is 28.8 Å². The molecule has 20 heavy (non-hydrogen) atoms. The average molecular weight is 334 g/mol. The molecule has 1 aliphatic rings. The van der Waals surface area contributed by atoms with Gasteiger partial charge in [-0.25, -0.2) is 4.68 Å². The smallest absolute Gasteiger partial charge is 0.191 e. The summed E-state index contributed by atoms with van der Waals surface area (Å²) in [6.45, 7) is 2.61. The Labute approximate surface area is 126 Å². The first-order valence-electron chi connectivity index (χ1n) is 6.63. The average Bonchev–Trinajstić information content (AvgIpc) is 2.96. The monoisotopic (exact) mass is 333 g/mol. The summed E-state index contributed by atoms with van der Waals surface area (Å²) < 4.78 is 2.94. The van der Waals surface area contributed by atoms with Crippen molar-refractivity contribution in [2.45, 2.75) is 13.0 Å². The van der Waals surface area contributed by atoms with Gasteiger partial charge in [0.15, 0.2) is 5.96 Å². The summed E-state index contributed by atoms with van der Waals surface area (Å²) in [7, 11) is 0. The van der Waals surface area contributed by atoms with E-state index in [1.54, 1.807) is 0 Å². The fraction of sp³-hybridized carbons (Fsp3) is 0.286. The fourth-order valence-electron chi connectivity index (χ4n) is 2.02. The summed E-state index contributed by atoms with van der Waals surface area (Å²) in [5.74, 6) is 0.882. The Kier molecular flexibility index (Phi) is 4.01. The second-order valence-corrected chi connectivity index (χ2v) is 5.55. The van der Waals surface area contributed by atoms with E-state index in [9.17, 15) is 0 Å². The molecule has 0 atom stereocenters. The predicted molar refractivity (Wildman–Crippen MR) is 83.0 cm³/mol. The first-order valence-corrected chi connectivity index (χ1v) is 7.42. The van der Waals surface area contributed by atoms with E-state index in [-0.39, 0.29) is 0 Å². The van der Waals surface area contributed by atoms with Crippen LogP contribution in [0.2, 0.25) is 0 Å². The first kappa shape index (κ1) is 13.2. The highest BCUT2D eigenvalue weighted by Gasteiger charge is 2.05. The van der Waals surface area contributed by atoms with Gasteiger partial charge < -0.3 is 10.6 Å². The molecular formula is C14H16BrN5. The molecule has 0 amide bonds. The van der Waals surface area contributed by atoms with Gasteiger partial charge in [0.2, 0.25) is 0 Å². The summed E-state index contributed by atoms with van der Waals surface area (Å²) >= 11 is 3.43. The van der Waals surface area contributed by atoms with Crippen LogP contribution in [0.1, 0.15) is 12.0 Å². The standard InChI is InChI=1S/C14H16BrN5/c15-12-2-4-13(5-3-12)20-10-11(9-19-20)8-18-14-16-6-1-7-17-14/h2-5,9-10H,1,6-8H2,(H2,16,17,18). The fourth-order valence-corrected chi connectivity index (χ4v) is 2.29. The molecule has 0 spiro atoms. The SMILES string of the molecule is Brc1ccc(-n2cc(CNC3=NCCCN3)cn2)cc1. The molecule has 1 aromatic carbocycles. The lowest BCUT2D eigenvalue weighted by Gasteiger charge is -2.15. The molecule has 2 heterocycles. The molecule has 0 bridgehead atoms. The van der Waals surface area contributed by atoms with Crippen molar-refractivity contribution in [2.24, 2.45) is 4.99 Å². The van der Waals surface area contributed by atoms with Crippen molar-refractivity contribution in [1.82, 2.24) is 20.4 Å². The number of hydrogen-bond acceptors (Lipinski definition) is 4. The molecule has 1 aliphatic heterocycles. The van der Waals surface area contributed by atoms with Crippen LogP contribution in [0.3, 0.4) is 0 Å². The number of benzene rings is 1. The minimum absolute atomic E-state index is 0.725. The van der Waals surface area contributed by atoms with E-state index in [1.807, 2.05) is 41.3 Å². The molecule has 0 saturated heterocycles. The molecule has 6 heteroatoms. The summed E-state index contributed by atoms with van der Waals surface area (Å²) in [6, 6.07) is 8.08. The van der Waals surface area contributed by atoms with Gasteiger partial charge in [-0.1, -0.05) is 15.9 Å². The van der Waals surface area contributed by atoms with E-state index in [4.69, 9.17) is 0 Å². The van der Waals surface area contributed by atoms with E-state index >= 15 is 0 Å². The molecule has 0 aliphatic carbocycles. The topological polar surface area (TPSA) is 54.2 Å². The van der Waals surface area contributed by atoms with Crippen molar-refractivity contribution in [2.75, 3.05) is 13.1 Å². The van der Waals surface area contributed by atoms with Crippen molar-refractivity contribution in [3.05, 3.63) is 46.7 Å². The molecule has 0 radical (unpaired) electrons. The predicted octanol–water partition coefficient (Wildman–Crippen LogP) is 2.07. The Hall–Kier alpha value is -1.82. The second kappa shape index (κ2) is 6.09. The maximum Gasteiger partial charge on any atom is 0.191 e. The van der Waals surface area contributed by atoms with Crippen molar-refractivity contribution >= 4 is 21.9 Å². The van der Waals surface area contributed by atoms with E-state index in [0.717, 1.165) is 47.7 Å². The van der Waals surface area contributed by atoms with Crippen LogP contribution < -0.4 is 10.6 Å². The van der Waals surface area contributed by atoms with Gasteiger partial charge in [0.25, 0.3) is 0 Å². The van der Waals surface area contributed by atoms with Crippen molar-refractivity contribution in [1.29, 1.82) is 0 Å². The van der Waals surface area contributed by atoms with Crippen molar-refractivity contribution in [3.8, 4) is 5.69 Å². The largest absolute Gasteiger partial charge is 0.356 e. The maximum absolute atomic E-state index is 4.38. The lowest BCUT2D eigenvalue weighted by molar-refractivity contribution is 0.702. The molecular weight excluding hydrogens is 318 g/mol. The molecule has 5 nitrogen and oxygen atoms in total. The molecule has 2 aromatic rings. The van der Waals surface area contributed by atoms with E-state index in [0.29, 0.717) is 0 Å². The summed E-state index contributed by atoms with van der Waals surface area (Å²) in [5.41, 5.74) is 2.18. The van der Waals surface area contributed by atoms with Gasteiger partial charge in [-0.15, -0.1) is 0 Å². The van der Waals surface area contributed by atoms with Crippen molar-refractivity contribution in [3.63, 3.8) is 0 Å². The summed E-state index contributed by atoms with van der Waals surface area (Å²) in [5, 5.41) is 10.9. The van der Waals surface area contributed by atoms with Gasteiger partial charge in [-0.05, 0) is 30.7 Å². The van der Waals surface area contributed by atoms with Gasteiger partial charge in [0.1, 0.15) is 0 Å². The number of guanidine groups is 1. The minimum Gasteiger partial charge on any atom is -0.356 e. The second-order valence-electron chi connectivity index (χ2n) is 4.63. The quantitative estimate of drug-likeness (QED) is 0.904. The van der Waals surface area contributed by atoms with Crippen molar-refractivity contribution < 1.29 is 0 Å². The van der Waals surface area contributed by atoms with Gasteiger partial charge in [0.05, 0.1) is 11.9 Å². The highest BCUT2D eigenvalue weighted by Crippen LogP contribution is 2.13. The highest BCUT2D eigenvalue weighted by atomic mass is 79.9. The zero-order valence-electron chi connectivity index (χ0n) is 11.0.